The number of nitrogens with one attached hydrogen (secondary N) is 2. The molecule has 0 saturated heterocycles. The molecular weight excluding hydrogens is 492 g/mol. The first-order chi connectivity index (χ1) is 17.8. The van der Waals surface area contributed by atoms with Gasteiger partial charge in [-0.25, -0.2) is 4.79 Å². The molecule has 212 valence electrons. The molecule has 4 N–H and O–H groups in total. The molecule has 11 heteroatoms. The van der Waals surface area contributed by atoms with Crippen LogP contribution in [-0.4, -0.2) is 66.0 Å². The summed E-state index contributed by atoms with van der Waals surface area (Å²) in [7, 11) is 0. The number of esters is 1. The van der Waals surface area contributed by atoms with Crippen molar-refractivity contribution in [2.24, 2.45) is 5.73 Å². The molecule has 38 heavy (non-hydrogen) atoms. The smallest absolute Gasteiger partial charge is 0.408 e. The standard InChI is InChI=1S/C27H42N4O7/c1-7-16-31(25(35)20(17-21(28)32)30-26(36)38-27(4,5)6)23(19-12-10-18(8-2)11-13-19)24(34)29-15-14-22(33)37-9-3/h10-13,20,23H,7-9,14-17H2,1-6H3,(H2,28,32)(H,29,34)(H,30,36). The molecule has 0 fully saturated rings. The van der Waals surface area contributed by atoms with Crippen LogP contribution in [0, 0.1) is 0 Å². The van der Waals surface area contributed by atoms with E-state index in [1.165, 1.54) is 4.90 Å². The van der Waals surface area contributed by atoms with Crippen molar-refractivity contribution in [1.82, 2.24) is 15.5 Å². The number of alkyl carbamates (subject to hydrolysis) is 1. The van der Waals surface area contributed by atoms with Gasteiger partial charge in [-0.15, -0.1) is 0 Å². The van der Waals surface area contributed by atoms with E-state index in [9.17, 15) is 24.0 Å². The maximum absolute atomic E-state index is 13.8. The lowest BCUT2D eigenvalue weighted by molar-refractivity contribution is -0.144. The number of carbonyl (C=O) groups is 5. The first-order valence-electron chi connectivity index (χ1n) is 12.9. The minimum absolute atomic E-state index is 0.0102. The van der Waals surface area contributed by atoms with Crippen LogP contribution in [0.25, 0.3) is 0 Å². The minimum Gasteiger partial charge on any atom is -0.466 e. The highest BCUT2D eigenvalue weighted by Gasteiger charge is 2.36. The molecule has 2 unspecified atom stereocenters. The molecule has 0 saturated carbocycles. The van der Waals surface area contributed by atoms with Crippen LogP contribution in [-0.2, 0) is 35.1 Å². The van der Waals surface area contributed by atoms with Crippen molar-refractivity contribution in [3.05, 3.63) is 35.4 Å². The first-order valence-corrected chi connectivity index (χ1v) is 12.9. The fraction of sp³-hybridized carbons (Fsp3) is 0.593. The van der Waals surface area contributed by atoms with Crippen LogP contribution in [0.4, 0.5) is 4.79 Å². The highest BCUT2D eigenvalue weighted by Crippen LogP contribution is 2.24. The summed E-state index contributed by atoms with van der Waals surface area (Å²) in [6.45, 7) is 10.9. The van der Waals surface area contributed by atoms with E-state index in [1.54, 1.807) is 39.8 Å². The van der Waals surface area contributed by atoms with Crippen molar-refractivity contribution in [3.63, 3.8) is 0 Å². The van der Waals surface area contributed by atoms with Gasteiger partial charge in [-0.1, -0.05) is 38.1 Å². The largest absolute Gasteiger partial charge is 0.466 e. The quantitative estimate of drug-likeness (QED) is 0.309. The minimum atomic E-state index is -1.35. The number of amides is 4. The van der Waals surface area contributed by atoms with Gasteiger partial charge in [0.2, 0.25) is 17.7 Å². The highest BCUT2D eigenvalue weighted by molar-refractivity contribution is 5.94. The lowest BCUT2D eigenvalue weighted by Crippen LogP contribution is -2.54. The zero-order chi connectivity index (χ0) is 28.9. The summed E-state index contributed by atoms with van der Waals surface area (Å²) < 4.78 is 10.2. The van der Waals surface area contributed by atoms with Gasteiger partial charge in [0.15, 0.2) is 0 Å². The fourth-order valence-electron chi connectivity index (χ4n) is 3.68. The second-order valence-corrected chi connectivity index (χ2v) is 9.74. The van der Waals surface area contributed by atoms with Crippen LogP contribution in [0.15, 0.2) is 24.3 Å². The molecule has 0 spiro atoms. The third-order valence-corrected chi connectivity index (χ3v) is 5.34. The van der Waals surface area contributed by atoms with Gasteiger partial charge in [0.1, 0.15) is 17.7 Å². The molecule has 0 aromatic heterocycles. The fourth-order valence-corrected chi connectivity index (χ4v) is 3.68. The lowest BCUT2D eigenvalue weighted by Gasteiger charge is -2.34. The number of hydrogen-bond donors (Lipinski definition) is 3. The van der Waals surface area contributed by atoms with Crippen LogP contribution in [0.2, 0.25) is 0 Å². The molecule has 0 heterocycles. The van der Waals surface area contributed by atoms with E-state index >= 15 is 0 Å². The Bertz CT molecular complexity index is 957. The number of carbonyl (C=O) groups excluding carboxylic acids is 5. The summed E-state index contributed by atoms with van der Waals surface area (Å²) in [5.74, 6) is -2.45. The number of rotatable bonds is 14. The maximum Gasteiger partial charge on any atom is 0.408 e. The molecule has 0 aliphatic rings. The van der Waals surface area contributed by atoms with Gasteiger partial charge in [-0.05, 0) is 51.7 Å². The number of benzene rings is 1. The molecule has 2 atom stereocenters. The monoisotopic (exact) mass is 534 g/mol. The van der Waals surface area contributed by atoms with Crippen LogP contribution in [0.3, 0.4) is 0 Å². The van der Waals surface area contributed by atoms with E-state index in [0.29, 0.717) is 12.0 Å². The molecule has 1 aromatic rings. The molecular formula is C27H42N4O7. The van der Waals surface area contributed by atoms with Crippen molar-refractivity contribution in [1.29, 1.82) is 0 Å². The molecule has 1 rings (SSSR count). The molecule has 0 bridgehead atoms. The Morgan fingerprint density at radius 1 is 1.03 bits per heavy atom. The van der Waals surface area contributed by atoms with E-state index in [1.807, 2.05) is 26.0 Å². The third-order valence-electron chi connectivity index (χ3n) is 5.34. The van der Waals surface area contributed by atoms with E-state index in [0.717, 1.165) is 12.0 Å². The van der Waals surface area contributed by atoms with Crippen LogP contribution in [0.5, 0.6) is 0 Å². The summed E-state index contributed by atoms with van der Waals surface area (Å²) in [6, 6.07) is 4.81. The Morgan fingerprint density at radius 3 is 2.16 bits per heavy atom. The van der Waals surface area contributed by atoms with Gasteiger partial charge in [0.25, 0.3) is 0 Å². The van der Waals surface area contributed by atoms with Crippen molar-refractivity contribution in [2.75, 3.05) is 19.7 Å². The van der Waals surface area contributed by atoms with Gasteiger partial charge in [0.05, 0.1) is 19.4 Å². The predicted octanol–water partition coefficient (Wildman–Crippen LogP) is 2.37. The Hall–Kier alpha value is -3.63. The van der Waals surface area contributed by atoms with Gasteiger partial charge >= 0.3 is 12.1 Å². The Labute approximate surface area is 224 Å². The average molecular weight is 535 g/mol. The molecule has 0 radical (unpaired) electrons. The van der Waals surface area contributed by atoms with Crippen LogP contribution < -0.4 is 16.4 Å². The second-order valence-electron chi connectivity index (χ2n) is 9.74. The molecule has 1 aromatic carbocycles. The van der Waals surface area contributed by atoms with Crippen molar-refractivity contribution >= 4 is 29.8 Å². The lowest BCUT2D eigenvalue weighted by atomic mass is 9.99. The van der Waals surface area contributed by atoms with Crippen LogP contribution >= 0.6 is 0 Å². The van der Waals surface area contributed by atoms with E-state index in [2.05, 4.69) is 10.6 Å². The van der Waals surface area contributed by atoms with Crippen molar-refractivity contribution < 1.29 is 33.4 Å². The summed E-state index contributed by atoms with van der Waals surface area (Å²) in [4.78, 5) is 64.5. The summed E-state index contributed by atoms with van der Waals surface area (Å²) in [6.07, 6.45) is -0.135. The summed E-state index contributed by atoms with van der Waals surface area (Å²) >= 11 is 0. The molecule has 0 aliphatic carbocycles. The predicted molar refractivity (Wildman–Crippen MR) is 142 cm³/mol. The molecule has 11 nitrogen and oxygen atoms in total. The Morgan fingerprint density at radius 2 is 1.66 bits per heavy atom. The number of nitrogens with two attached hydrogens (primary N) is 1. The summed E-state index contributed by atoms with van der Waals surface area (Å²) in [5, 5.41) is 5.14. The number of primary amides is 1. The van der Waals surface area contributed by atoms with Gasteiger partial charge in [-0.3, -0.25) is 19.2 Å². The average Bonchev–Trinajstić information content (AvgIpc) is 2.82. The van der Waals surface area contributed by atoms with Crippen molar-refractivity contribution in [3.8, 4) is 0 Å². The molecule has 4 amide bonds. The topological polar surface area (TPSA) is 157 Å². The second kappa shape index (κ2) is 15.6. The number of aryl methyl sites for hydroxylation is 1. The summed E-state index contributed by atoms with van der Waals surface area (Å²) in [5.41, 5.74) is 6.12. The zero-order valence-corrected chi connectivity index (χ0v) is 23.3. The van der Waals surface area contributed by atoms with Crippen LogP contribution in [0.1, 0.15) is 78.0 Å². The number of ether oxygens (including phenoxy) is 2. The number of nitrogens with zero attached hydrogens (tertiary/aromatic N) is 1. The Balaban J connectivity index is 3.37. The van der Waals surface area contributed by atoms with E-state index < -0.39 is 53.9 Å². The zero-order valence-electron chi connectivity index (χ0n) is 23.3. The van der Waals surface area contributed by atoms with Gasteiger partial charge in [0, 0.05) is 13.1 Å². The highest BCUT2D eigenvalue weighted by atomic mass is 16.6. The van der Waals surface area contributed by atoms with Crippen molar-refractivity contribution in [2.45, 2.75) is 84.9 Å². The third kappa shape index (κ3) is 11.2. The first kappa shape index (κ1) is 32.4. The van der Waals surface area contributed by atoms with E-state index in [4.69, 9.17) is 15.2 Å². The molecule has 0 aliphatic heterocycles. The van der Waals surface area contributed by atoms with Gasteiger partial charge in [-0.2, -0.15) is 0 Å². The van der Waals surface area contributed by atoms with E-state index in [-0.39, 0.29) is 26.1 Å². The van der Waals surface area contributed by atoms with Gasteiger partial charge < -0.3 is 30.7 Å². The normalized spacial score (nSPS) is 12.6. The Kier molecular flexibility index (Phi) is 13.3. The maximum atomic E-state index is 13.8. The SMILES string of the molecule is CCCN(C(=O)C(CC(N)=O)NC(=O)OC(C)(C)C)C(C(=O)NCCC(=O)OCC)c1ccc(CC)cc1. The number of hydrogen-bond acceptors (Lipinski definition) is 7.